The van der Waals surface area contributed by atoms with Gasteiger partial charge in [0.15, 0.2) is 0 Å². The minimum absolute atomic E-state index is 0.215. The third kappa shape index (κ3) is 5.03. The predicted octanol–water partition coefficient (Wildman–Crippen LogP) is 5.23. The van der Waals surface area contributed by atoms with E-state index in [0.717, 1.165) is 23.2 Å². The van der Waals surface area contributed by atoms with Crippen molar-refractivity contribution in [3.63, 3.8) is 0 Å². The van der Waals surface area contributed by atoms with E-state index in [4.69, 9.17) is 9.47 Å². The maximum Gasteiger partial charge on any atom is 0.416 e. The van der Waals surface area contributed by atoms with Crippen molar-refractivity contribution in [3.05, 3.63) is 77.9 Å². The Labute approximate surface area is 213 Å². The second-order valence-corrected chi connectivity index (χ2v) is 9.28. The summed E-state index contributed by atoms with van der Waals surface area (Å²) in [5.41, 5.74) is 2.18. The quantitative estimate of drug-likeness (QED) is 0.509. The largest absolute Gasteiger partial charge is 0.497 e. The minimum atomic E-state index is -4.45. The Bertz CT molecular complexity index is 1280. The molecule has 0 bridgehead atoms. The molecule has 0 aliphatic carbocycles. The van der Waals surface area contributed by atoms with E-state index in [0.29, 0.717) is 36.6 Å². The van der Waals surface area contributed by atoms with Gasteiger partial charge in [0, 0.05) is 42.8 Å². The molecule has 1 N–H and O–H groups in total. The molecule has 2 aliphatic rings. The molecular formula is C28H28F3N3O3. The molecule has 3 aromatic carbocycles. The summed E-state index contributed by atoms with van der Waals surface area (Å²) in [6, 6.07) is 18.4. The number of benzene rings is 3. The van der Waals surface area contributed by atoms with Crippen LogP contribution in [0.2, 0.25) is 0 Å². The second-order valence-electron chi connectivity index (χ2n) is 9.28. The smallest absolute Gasteiger partial charge is 0.416 e. The van der Waals surface area contributed by atoms with E-state index < -0.39 is 17.7 Å². The van der Waals surface area contributed by atoms with Crippen molar-refractivity contribution in [2.45, 2.75) is 18.6 Å². The van der Waals surface area contributed by atoms with Crippen LogP contribution in [-0.2, 0) is 17.4 Å². The summed E-state index contributed by atoms with van der Waals surface area (Å²) in [5, 5.41) is 2.96. The maximum atomic E-state index is 13.6. The van der Waals surface area contributed by atoms with Crippen molar-refractivity contribution < 1.29 is 27.4 Å². The Balaban J connectivity index is 1.47. The number of carbonyl (C=O) groups excluding carboxylic acids is 1. The number of hydrogen-bond acceptors (Lipinski definition) is 5. The van der Waals surface area contributed by atoms with Gasteiger partial charge >= 0.3 is 6.18 Å². The van der Waals surface area contributed by atoms with Gasteiger partial charge < -0.3 is 24.6 Å². The number of fused-ring (bicyclic) bond motifs is 3. The van der Waals surface area contributed by atoms with E-state index in [1.54, 1.807) is 44.6 Å². The zero-order chi connectivity index (χ0) is 26.2. The lowest BCUT2D eigenvalue weighted by Crippen LogP contribution is -2.60. The van der Waals surface area contributed by atoms with Gasteiger partial charge in [-0.3, -0.25) is 4.79 Å². The fourth-order valence-electron chi connectivity index (χ4n) is 5.26. The fraction of sp³-hybridized carbons (Fsp3) is 0.321. The van der Waals surface area contributed by atoms with Crippen LogP contribution in [-0.4, -0.2) is 45.8 Å². The third-order valence-electron chi connectivity index (χ3n) is 7.15. The number of hydrogen-bond donors (Lipinski definition) is 1. The highest BCUT2D eigenvalue weighted by Gasteiger charge is 2.43. The van der Waals surface area contributed by atoms with Crippen LogP contribution in [0.25, 0.3) is 0 Å². The molecule has 3 aromatic rings. The molecule has 0 unspecified atom stereocenters. The van der Waals surface area contributed by atoms with E-state index in [-0.39, 0.29) is 18.4 Å². The number of nitrogens with zero attached hydrogens (tertiary/aromatic N) is 2. The lowest BCUT2D eigenvalue weighted by molar-refractivity contribution is -0.137. The van der Waals surface area contributed by atoms with Crippen LogP contribution in [0.15, 0.2) is 66.7 Å². The molecular weight excluding hydrogens is 483 g/mol. The number of piperazine rings is 1. The first-order chi connectivity index (χ1) is 17.8. The molecule has 2 heterocycles. The first kappa shape index (κ1) is 24.8. The van der Waals surface area contributed by atoms with E-state index in [2.05, 4.69) is 15.1 Å². The molecule has 37 heavy (non-hydrogen) atoms. The SMILES string of the molecule is COc1ccc(N2CCN3c4ccc(C(F)(F)F)cc4C[C@H](C(=O)Nc4cccc(OC)c4)[C@H]3C2)cc1. The molecule has 1 amide bonds. The number of amides is 1. The minimum Gasteiger partial charge on any atom is -0.497 e. The zero-order valence-electron chi connectivity index (χ0n) is 20.6. The summed E-state index contributed by atoms with van der Waals surface area (Å²) in [7, 11) is 3.16. The van der Waals surface area contributed by atoms with Crippen LogP contribution < -0.4 is 24.6 Å². The Hall–Kier alpha value is -3.88. The van der Waals surface area contributed by atoms with Crippen LogP contribution in [0, 0.1) is 5.92 Å². The molecule has 1 fully saturated rings. The van der Waals surface area contributed by atoms with Gasteiger partial charge in [-0.25, -0.2) is 0 Å². The zero-order valence-corrected chi connectivity index (χ0v) is 20.6. The lowest BCUT2D eigenvalue weighted by atomic mass is 9.82. The molecule has 0 spiro atoms. The highest BCUT2D eigenvalue weighted by molar-refractivity contribution is 5.94. The van der Waals surface area contributed by atoms with Crippen LogP contribution in [0.3, 0.4) is 0 Å². The molecule has 1 saturated heterocycles. The van der Waals surface area contributed by atoms with Crippen molar-refractivity contribution >= 4 is 23.0 Å². The van der Waals surface area contributed by atoms with Crippen molar-refractivity contribution in [1.82, 2.24) is 0 Å². The first-order valence-corrected chi connectivity index (χ1v) is 12.1. The number of nitrogens with one attached hydrogen (secondary N) is 1. The summed E-state index contributed by atoms with van der Waals surface area (Å²) >= 11 is 0. The molecule has 0 saturated carbocycles. The van der Waals surface area contributed by atoms with E-state index in [1.807, 2.05) is 24.3 Å². The Morgan fingerprint density at radius 1 is 0.946 bits per heavy atom. The summed E-state index contributed by atoms with van der Waals surface area (Å²) in [5.74, 6) is 0.572. The molecule has 0 radical (unpaired) electrons. The standard InChI is InChI=1S/C28H28F3N3O3/c1-36-22-9-7-21(8-10-22)33-12-13-34-25-11-6-19(28(29,30)31)14-18(25)15-24(26(34)17-33)27(35)32-20-4-3-5-23(16-20)37-2/h3-11,14,16,24,26H,12-13,15,17H2,1-2H3,(H,32,35)/t24-,26+/m0/s1. The molecule has 6 nitrogen and oxygen atoms in total. The Kier molecular flexibility index (Phi) is 6.62. The topological polar surface area (TPSA) is 54.0 Å². The van der Waals surface area contributed by atoms with Crippen LogP contribution >= 0.6 is 0 Å². The first-order valence-electron chi connectivity index (χ1n) is 12.1. The van der Waals surface area contributed by atoms with Gasteiger partial charge in [0.1, 0.15) is 11.5 Å². The van der Waals surface area contributed by atoms with Gasteiger partial charge in [-0.2, -0.15) is 13.2 Å². The molecule has 5 rings (SSSR count). The number of methoxy groups -OCH3 is 2. The molecule has 0 aromatic heterocycles. The van der Waals surface area contributed by atoms with Gasteiger partial charge in [0.05, 0.1) is 31.7 Å². The predicted molar refractivity (Wildman–Crippen MR) is 137 cm³/mol. The van der Waals surface area contributed by atoms with Gasteiger partial charge in [-0.1, -0.05) is 6.07 Å². The average molecular weight is 512 g/mol. The van der Waals surface area contributed by atoms with Crippen LogP contribution in [0.1, 0.15) is 11.1 Å². The lowest BCUT2D eigenvalue weighted by Gasteiger charge is -2.49. The van der Waals surface area contributed by atoms with Crippen molar-refractivity contribution in [2.24, 2.45) is 5.92 Å². The van der Waals surface area contributed by atoms with Crippen molar-refractivity contribution in [1.29, 1.82) is 0 Å². The highest BCUT2D eigenvalue weighted by atomic mass is 19.4. The fourth-order valence-corrected chi connectivity index (χ4v) is 5.26. The highest BCUT2D eigenvalue weighted by Crippen LogP contribution is 2.40. The van der Waals surface area contributed by atoms with Gasteiger partial charge in [-0.15, -0.1) is 0 Å². The number of carbonyl (C=O) groups is 1. The molecule has 2 atom stereocenters. The summed E-state index contributed by atoms with van der Waals surface area (Å²) in [4.78, 5) is 17.9. The summed E-state index contributed by atoms with van der Waals surface area (Å²) in [6.45, 7) is 1.81. The third-order valence-corrected chi connectivity index (χ3v) is 7.15. The van der Waals surface area contributed by atoms with Crippen molar-refractivity contribution in [3.8, 4) is 11.5 Å². The van der Waals surface area contributed by atoms with Gasteiger partial charge in [-0.05, 0) is 66.6 Å². The van der Waals surface area contributed by atoms with E-state index in [1.165, 1.54) is 6.07 Å². The van der Waals surface area contributed by atoms with Gasteiger partial charge in [0.2, 0.25) is 5.91 Å². The van der Waals surface area contributed by atoms with Crippen LogP contribution in [0.5, 0.6) is 11.5 Å². The monoisotopic (exact) mass is 511 g/mol. The molecule has 2 aliphatic heterocycles. The molecule has 9 heteroatoms. The number of ether oxygens (including phenoxy) is 2. The Morgan fingerprint density at radius 2 is 1.70 bits per heavy atom. The number of rotatable bonds is 5. The second kappa shape index (κ2) is 9.88. The summed E-state index contributed by atoms with van der Waals surface area (Å²) < 4.78 is 51.0. The van der Waals surface area contributed by atoms with Gasteiger partial charge in [0.25, 0.3) is 0 Å². The van der Waals surface area contributed by atoms with E-state index in [9.17, 15) is 18.0 Å². The van der Waals surface area contributed by atoms with E-state index >= 15 is 0 Å². The normalized spacial score (nSPS) is 19.1. The number of alkyl halides is 3. The van der Waals surface area contributed by atoms with Crippen molar-refractivity contribution in [2.75, 3.05) is 49.0 Å². The maximum absolute atomic E-state index is 13.6. The summed E-state index contributed by atoms with van der Waals surface area (Å²) in [6.07, 6.45) is -4.23. The number of anilines is 3. The van der Waals surface area contributed by atoms with Crippen LogP contribution in [0.4, 0.5) is 30.2 Å². The Morgan fingerprint density at radius 3 is 2.41 bits per heavy atom. The molecule has 194 valence electrons. The average Bonchev–Trinajstić information content (AvgIpc) is 2.91. The number of halogens is 3.